The topological polar surface area (TPSA) is 51.2 Å². The van der Waals surface area contributed by atoms with Gasteiger partial charge in [-0.25, -0.2) is 9.78 Å². The van der Waals surface area contributed by atoms with Crippen LogP contribution in [0.1, 0.15) is 15.4 Å². The molecule has 2 aromatic rings. The molecular formula is C12H11BrN2O2S. The van der Waals surface area contributed by atoms with Crippen LogP contribution in [0.3, 0.4) is 0 Å². The van der Waals surface area contributed by atoms with E-state index in [0.717, 1.165) is 10.2 Å². The van der Waals surface area contributed by atoms with Crippen LogP contribution in [0.2, 0.25) is 0 Å². The Labute approximate surface area is 117 Å². The number of methoxy groups -OCH3 is 1. The molecule has 2 heterocycles. The average molecular weight is 327 g/mol. The number of nitrogens with zero attached hydrogens (tertiary/aromatic N) is 1. The summed E-state index contributed by atoms with van der Waals surface area (Å²) >= 11 is 5.14. The highest BCUT2D eigenvalue weighted by Gasteiger charge is 2.07. The van der Waals surface area contributed by atoms with Crippen LogP contribution in [0.15, 0.2) is 34.2 Å². The van der Waals surface area contributed by atoms with Gasteiger partial charge >= 0.3 is 5.97 Å². The Bertz CT molecular complexity index is 557. The van der Waals surface area contributed by atoms with Gasteiger partial charge in [0.2, 0.25) is 0 Å². The largest absolute Gasteiger partial charge is 0.464 e. The van der Waals surface area contributed by atoms with Crippen LogP contribution < -0.4 is 5.32 Å². The summed E-state index contributed by atoms with van der Waals surface area (Å²) in [5, 5.41) is 5.26. The molecule has 0 aliphatic carbocycles. The number of nitrogens with one attached hydrogen (secondary N) is 1. The molecule has 0 saturated carbocycles. The number of halogens is 1. The Hall–Kier alpha value is -1.40. The van der Waals surface area contributed by atoms with Crippen LogP contribution >= 0.6 is 27.3 Å². The van der Waals surface area contributed by atoms with Crippen molar-refractivity contribution in [1.29, 1.82) is 0 Å². The summed E-state index contributed by atoms with van der Waals surface area (Å²) in [6.45, 7) is 0.697. The zero-order valence-corrected chi connectivity index (χ0v) is 12.0. The standard InChI is InChI=1S/C12H11BrN2O2S/c1-17-12(16)10-6-8(2-4-14-10)15-7-11-9(13)3-5-18-11/h2-6H,7H2,1H3,(H,14,15). The number of carbonyl (C=O) groups is 1. The quantitative estimate of drug-likeness (QED) is 0.876. The first-order chi connectivity index (χ1) is 8.70. The summed E-state index contributed by atoms with van der Waals surface area (Å²) in [5.74, 6) is -0.434. The summed E-state index contributed by atoms with van der Waals surface area (Å²) in [4.78, 5) is 16.5. The summed E-state index contributed by atoms with van der Waals surface area (Å²) in [6.07, 6.45) is 1.58. The third kappa shape index (κ3) is 3.08. The highest BCUT2D eigenvalue weighted by atomic mass is 79.9. The minimum atomic E-state index is -0.434. The number of thiophene rings is 1. The fourth-order valence-corrected chi connectivity index (χ4v) is 2.82. The van der Waals surface area contributed by atoms with Crippen LogP contribution in [-0.4, -0.2) is 18.1 Å². The lowest BCUT2D eigenvalue weighted by molar-refractivity contribution is 0.0594. The molecule has 0 atom stereocenters. The van der Waals surface area contributed by atoms with E-state index in [0.29, 0.717) is 12.2 Å². The van der Waals surface area contributed by atoms with Gasteiger partial charge in [-0.3, -0.25) is 0 Å². The van der Waals surface area contributed by atoms with Gasteiger partial charge in [0.15, 0.2) is 0 Å². The lowest BCUT2D eigenvalue weighted by atomic mass is 10.3. The second-order valence-electron chi connectivity index (χ2n) is 3.47. The zero-order valence-electron chi connectivity index (χ0n) is 9.64. The third-order valence-corrected chi connectivity index (χ3v) is 4.22. The average Bonchev–Trinajstić information content (AvgIpc) is 2.81. The first-order valence-electron chi connectivity index (χ1n) is 5.21. The zero-order chi connectivity index (χ0) is 13.0. The van der Waals surface area contributed by atoms with E-state index in [1.54, 1.807) is 23.6 Å². The second kappa shape index (κ2) is 5.97. The van der Waals surface area contributed by atoms with E-state index in [1.165, 1.54) is 12.0 Å². The van der Waals surface area contributed by atoms with Crippen molar-refractivity contribution >= 4 is 38.9 Å². The fraction of sp³-hybridized carbons (Fsp3) is 0.167. The van der Waals surface area contributed by atoms with E-state index >= 15 is 0 Å². The highest BCUT2D eigenvalue weighted by molar-refractivity contribution is 9.10. The predicted molar refractivity (Wildman–Crippen MR) is 74.9 cm³/mol. The molecule has 0 aromatic carbocycles. The van der Waals surface area contributed by atoms with Gasteiger partial charge in [0, 0.05) is 21.2 Å². The molecule has 0 saturated heterocycles. The molecule has 1 N–H and O–H groups in total. The predicted octanol–water partition coefficient (Wildman–Crippen LogP) is 3.30. The van der Waals surface area contributed by atoms with Gasteiger partial charge in [0.25, 0.3) is 0 Å². The number of pyridine rings is 1. The van der Waals surface area contributed by atoms with E-state index in [-0.39, 0.29) is 0 Å². The normalized spacial score (nSPS) is 10.1. The molecule has 0 spiro atoms. The van der Waals surface area contributed by atoms with Crippen molar-refractivity contribution in [2.24, 2.45) is 0 Å². The SMILES string of the molecule is COC(=O)c1cc(NCc2sccc2Br)ccn1. The Morgan fingerprint density at radius 2 is 2.39 bits per heavy atom. The molecule has 0 unspecified atom stereocenters. The van der Waals surface area contributed by atoms with Crippen LogP contribution in [0.4, 0.5) is 5.69 Å². The summed E-state index contributed by atoms with van der Waals surface area (Å²) in [5.41, 5.74) is 1.14. The lowest BCUT2D eigenvalue weighted by Gasteiger charge is -2.06. The van der Waals surface area contributed by atoms with E-state index in [2.05, 4.69) is 31.0 Å². The van der Waals surface area contributed by atoms with E-state index < -0.39 is 5.97 Å². The molecule has 2 aromatic heterocycles. The Morgan fingerprint density at radius 1 is 1.56 bits per heavy atom. The summed E-state index contributed by atoms with van der Waals surface area (Å²) in [7, 11) is 1.34. The van der Waals surface area contributed by atoms with Crippen molar-refractivity contribution in [2.45, 2.75) is 6.54 Å². The second-order valence-corrected chi connectivity index (χ2v) is 5.32. The highest BCUT2D eigenvalue weighted by Crippen LogP contribution is 2.23. The van der Waals surface area contributed by atoms with E-state index in [1.807, 2.05) is 17.5 Å². The summed E-state index contributed by atoms with van der Waals surface area (Å²) in [6, 6.07) is 5.50. The number of hydrogen-bond donors (Lipinski definition) is 1. The molecule has 0 bridgehead atoms. The number of ether oxygens (including phenoxy) is 1. The molecule has 6 heteroatoms. The first-order valence-corrected chi connectivity index (χ1v) is 6.88. The number of carbonyl (C=O) groups excluding carboxylic acids is 1. The minimum absolute atomic E-state index is 0.299. The first kappa shape index (κ1) is 13.0. The molecule has 0 radical (unpaired) electrons. The lowest BCUT2D eigenvalue weighted by Crippen LogP contribution is -2.05. The molecule has 2 rings (SSSR count). The third-order valence-electron chi connectivity index (χ3n) is 2.30. The molecular weight excluding hydrogens is 316 g/mol. The maximum Gasteiger partial charge on any atom is 0.356 e. The fourth-order valence-electron chi connectivity index (χ4n) is 1.39. The monoisotopic (exact) mass is 326 g/mol. The number of rotatable bonds is 4. The Morgan fingerprint density at radius 3 is 3.06 bits per heavy atom. The molecule has 0 amide bonds. The molecule has 0 fully saturated rings. The number of esters is 1. The van der Waals surface area contributed by atoms with Gasteiger partial charge in [0.05, 0.1) is 13.7 Å². The number of hydrogen-bond acceptors (Lipinski definition) is 5. The van der Waals surface area contributed by atoms with Crippen molar-refractivity contribution in [2.75, 3.05) is 12.4 Å². The summed E-state index contributed by atoms with van der Waals surface area (Å²) < 4.78 is 5.71. The van der Waals surface area contributed by atoms with Gasteiger partial charge in [-0.2, -0.15) is 0 Å². The Balaban J connectivity index is 2.06. The maximum absolute atomic E-state index is 11.3. The van der Waals surface area contributed by atoms with Gasteiger partial charge < -0.3 is 10.1 Å². The van der Waals surface area contributed by atoms with Crippen LogP contribution in [0.5, 0.6) is 0 Å². The smallest absolute Gasteiger partial charge is 0.356 e. The minimum Gasteiger partial charge on any atom is -0.464 e. The van der Waals surface area contributed by atoms with Crippen molar-refractivity contribution < 1.29 is 9.53 Å². The van der Waals surface area contributed by atoms with Crippen molar-refractivity contribution in [3.05, 3.63) is 44.8 Å². The molecule has 0 aliphatic heterocycles. The van der Waals surface area contributed by atoms with Crippen LogP contribution in [0.25, 0.3) is 0 Å². The van der Waals surface area contributed by atoms with Gasteiger partial charge in [-0.15, -0.1) is 11.3 Å². The maximum atomic E-state index is 11.3. The van der Waals surface area contributed by atoms with Crippen LogP contribution in [-0.2, 0) is 11.3 Å². The molecule has 0 aliphatic rings. The molecule has 4 nitrogen and oxygen atoms in total. The van der Waals surface area contributed by atoms with Gasteiger partial charge in [-0.1, -0.05) is 0 Å². The number of aromatic nitrogens is 1. The Kier molecular flexibility index (Phi) is 4.33. The van der Waals surface area contributed by atoms with E-state index in [4.69, 9.17) is 0 Å². The number of anilines is 1. The molecule has 18 heavy (non-hydrogen) atoms. The van der Waals surface area contributed by atoms with Crippen molar-refractivity contribution in [3.8, 4) is 0 Å². The van der Waals surface area contributed by atoms with Crippen molar-refractivity contribution in [1.82, 2.24) is 4.98 Å². The van der Waals surface area contributed by atoms with Crippen molar-refractivity contribution in [3.63, 3.8) is 0 Å². The van der Waals surface area contributed by atoms with Gasteiger partial charge in [-0.05, 0) is 39.5 Å². The van der Waals surface area contributed by atoms with E-state index in [9.17, 15) is 4.79 Å². The molecule has 94 valence electrons. The van der Waals surface area contributed by atoms with Gasteiger partial charge in [0.1, 0.15) is 5.69 Å². The van der Waals surface area contributed by atoms with Crippen LogP contribution in [0, 0.1) is 0 Å².